The second-order valence-electron chi connectivity index (χ2n) is 0.964. The van der Waals surface area contributed by atoms with Crippen molar-refractivity contribution < 1.29 is 0 Å². The Morgan fingerprint density at radius 1 is 1.40 bits per heavy atom. The molecule has 0 aromatic heterocycles. The second-order valence-corrected chi connectivity index (χ2v) is 0.964. The van der Waals surface area contributed by atoms with Gasteiger partial charge in [-0.3, -0.25) is 10.9 Å². The van der Waals surface area contributed by atoms with Gasteiger partial charge in [0.05, 0.1) is 0 Å². The van der Waals surface area contributed by atoms with Crippen molar-refractivity contribution in [2.24, 2.45) is 5.84 Å². The molecule has 0 bridgehead atoms. The zero-order valence-corrected chi connectivity index (χ0v) is 5.76. The van der Waals surface area contributed by atoms with E-state index in [0.717, 1.165) is 0 Å². The Labute approximate surface area is 49.3 Å². The number of hydrazine groups is 1. The Morgan fingerprint density at radius 2 is 1.40 bits per heavy atom. The number of hydrogen-bond donors (Lipinski definition) is 1. The maximum absolute atomic E-state index is 4.94. The van der Waals surface area contributed by atoms with Gasteiger partial charge in [-0.05, 0) is 0 Å². The lowest BCUT2D eigenvalue weighted by atomic mass is 11.2. The van der Waals surface area contributed by atoms with Crippen LogP contribution in [0.2, 0.25) is 0 Å². The third-order valence-corrected chi connectivity index (χ3v) is 0. The minimum absolute atomic E-state index is 0. The highest BCUT2D eigenvalue weighted by Crippen LogP contribution is 1.37. The Bertz CT molecular complexity index is 12.4. The summed E-state index contributed by atoms with van der Waals surface area (Å²) >= 11 is 0. The maximum Gasteiger partial charge on any atom is 0.00105 e. The van der Waals surface area contributed by atoms with Crippen LogP contribution in [0.25, 0.3) is 0 Å². The zero-order chi connectivity index (χ0) is 3.58. The van der Waals surface area contributed by atoms with Gasteiger partial charge in [0, 0.05) is 14.1 Å². The average molecular weight is 188 g/mol. The van der Waals surface area contributed by atoms with Crippen molar-refractivity contribution in [2.45, 2.75) is 0 Å². The predicted octanol–water partition coefficient (Wildman–Crippen LogP) is 0.0397. The Balaban J connectivity index is 0. The van der Waals surface area contributed by atoms with Crippen molar-refractivity contribution in [2.75, 3.05) is 14.1 Å². The van der Waals surface area contributed by atoms with E-state index in [0.29, 0.717) is 0 Å². The summed E-state index contributed by atoms with van der Waals surface area (Å²) < 4.78 is 0. The van der Waals surface area contributed by atoms with Crippen LogP contribution >= 0.6 is 24.0 Å². The van der Waals surface area contributed by atoms with E-state index in [4.69, 9.17) is 5.84 Å². The summed E-state index contributed by atoms with van der Waals surface area (Å²) in [6.45, 7) is 0. The molecule has 0 spiro atoms. The molecule has 2 nitrogen and oxygen atoms in total. The first kappa shape index (κ1) is 9.17. The summed E-state index contributed by atoms with van der Waals surface area (Å²) in [7, 11) is 3.56. The van der Waals surface area contributed by atoms with Gasteiger partial charge in [-0.25, -0.2) is 0 Å². The van der Waals surface area contributed by atoms with Gasteiger partial charge in [-0.1, -0.05) is 0 Å². The smallest absolute Gasteiger partial charge is 0.00105 e. The van der Waals surface area contributed by atoms with Crippen LogP contribution in [0.4, 0.5) is 0 Å². The molecule has 0 saturated heterocycles. The normalized spacial score (nSPS) is 7.20. The van der Waals surface area contributed by atoms with Crippen LogP contribution in [-0.4, -0.2) is 19.1 Å². The molecule has 0 atom stereocenters. The number of halogens is 1. The van der Waals surface area contributed by atoms with Crippen molar-refractivity contribution >= 4 is 24.0 Å². The van der Waals surface area contributed by atoms with E-state index in [-0.39, 0.29) is 24.0 Å². The lowest BCUT2D eigenvalue weighted by molar-refractivity contribution is 0.432. The van der Waals surface area contributed by atoms with Crippen LogP contribution in [0.15, 0.2) is 0 Å². The molecule has 0 fully saturated rings. The predicted molar refractivity (Wildman–Crippen MR) is 33.3 cm³/mol. The average Bonchev–Trinajstić information content (AvgIpc) is 0.811. The highest BCUT2D eigenvalue weighted by atomic mass is 127. The molecule has 0 aromatic rings. The first-order chi connectivity index (χ1) is 1.73. The molecule has 0 radical (unpaired) electrons. The van der Waals surface area contributed by atoms with Crippen molar-refractivity contribution in [1.29, 1.82) is 0 Å². The topological polar surface area (TPSA) is 29.3 Å². The van der Waals surface area contributed by atoms with E-state index in [1.54, 1.807) is 14.1 Å². The van der Waals surface area contributed by atoms with Gasteiger partial charge in [0.1, 0.15) is 0 Å². The molecule has 3 heteroatoms. The number of rotatable bonds is 0. The van der Waals surface area contributed by atoms with Crippen molar-refractivity contribution in [1.82, 2.24) is 5.01 Å². The van der Waals surface area contributed by atoms with E-state index in [2.05, 4.69) is 0 Å². The largest absolute Gasteiger partial charge is 0.269 e. The summed E-state index contributed by atoms with van der Waals surface area (Å²) in [5.74, 6) is 4.94. The third kappa shape index (κ3) is 77.3. The fourth-order valence-electron chi connectivity index (χ4n) is 0. The van der Waals surface area contributed by atoms with Crippen LogP contribution in [0.1, 0.15) is 0 Å². The summed E-state index contributed by atoms with van der Waals surface area (Å²) in [5, 5.41) is 1.50. The Kier molecular flexibility index (Phi) is 8.53. The monoisotopic (exact) mass is 188 g/mol. The third-order valence-electron chi connectivity index (χ3n) is 0. The molecule has 5 heavy (non-hydrogen) atoms. The first-order valence-electron chi connectivity index (χ1n) is 1.15. The summed E-state index contributed by atoms with van der Waals surface area (Å²) in [4.78, 5) is 0. The van der Waals surface area contributed by atoms with E-state index in [1.165, 1.54) is 5.01 Å². The van der Waals surface area contributed by atoms with Crippen molar-refractivity contribution in [3.63, 3.8) is 0 Å². The van der Waals surface area contributed by atoms with E-state index in [9.17, 15) is 0 Å². The lowest BCUT2D eigenvalue weighted by Gasteiger charge is -1.91. The fourth-order valence-corrected chi connectivity index (χ4v) is 0. The van der Waals surface area contributed by atoms with Crippen molar-refractivity contribution in [3.05, 3.63) is 0 Å². The molecule has 0 amide bonds. The minimum Gasteiger partial charge on any atom is -0.269 e. The lowest BCUT2D eigenvalue weighted by Crippen LogP contribution is -2.18. The fraction of sp³-hybridized carbons (Fsp3) is 1.00. The molecular weight excluding hydrogens is 179 g/mol. The molecule has 0 rings (SSSR count). The molecule has 0 aromatic carbocycles. The minimum atomic E-state index is 0. The van der Waals surface area contributed by atoms with Crippen molar-refractivity contribution in [3.8, 4) is 0 Å². The van der Waals surface area contributed by atoms with Gasteiger partial charge in [-0.2, -0.15) is 0 Å². The second kappa shape index (κ2) is 4.65. The van der Waals surface area contributed by atoms with Gasteiger partial charge in [0.2, 0.25) is 0 Å². The van der Waals surface area contributed by atoms with Gasteiger partial charge in [0.15, 0.2) is 0 Å². The summed E-state index contributed by atoms with van der Waals surface area (Å²) in [5.41, 5.74) is 0. The highest BCUT2D eigenvalue weighted by Gasteiger charge is 1.57. The quantitative estimate of drug-likeness (QED) is 0.330. The molecule has 2 N–H and O–H groups in total. The maximum atomic E-state index is 4.94. The van der Waals surface area contributed by atoms with Crippen LogP contribution in [0.5, 0.6) is 0 Å². The Hall–Kier alpha value is 0.650. The van der Waals surface area contributed by atoms with Gasteiger partial charge < -0.3 is 0 Å². The molecule has 0 heterocycles. The van der Waals surface area contributed by atoms with Crippen LogP contribution < -0.4 is 5.84 Å². The first-order valence-corrected chi connectivity index (χ1v) is 1.15. The molecule has 34 valence electrons. The molecular formula is C2H9IN2. The van der Waals surface area contributed by atoms with Crippen LogP contribution in [0.3, 0.4) is 0 Å². The van der Waals surface area contributed by atoms with E-state index < -0.39 is 0 Å². The van der Waals surface area contributed by atoms with Gasteiger partial charge >= 0.3 is 0 Å². The zero-order valence-electron chi connectivity index (χ0n) is 3.43. The van der Waals surface area contributed by atoms with E-state index in [1.807, 2.05) is 0 Å². The van der Waals surface area contributed by atoms with E-state index >= 15 is 0 Å². The summed E-state index contributed by atoms with van der Waals surface area (Å²) in [6.07, 6.45) is 0. The van der Waals surface area contributed by atoms with Gasteiger partial charge in [0.25, 0.3) is 0 Å². The molecule has 0 aliphatic heterocycles. The molecule has 0 aliphatic rings. The molecule has 0 unspecified atom stereocenters. The highest BCUT2D eigenvalue weighted by molar-refractivity contribution is 14.0. The summed E-state index contributed by atoms with van der Waals surface area (Å²) in [6, 6.07) is 0. The molecule has 0 saturated carbocycles. The number of hydrogen-bond acceptors (Lipinski definition) is 2. The SMILES string of the molecule is CN(C)N.I. The molecule has 0 aliphatic carbocycles. The van der Waals surface area contributed by atoms with Crippen LogP contribution in [-0.2, 0) is 0 Å². The number of nitrogens with two attached hydrogens (primary N) is 1. The van der Waals surface area contributed by atoms with Crippen LogP contribution in [0, 0.1) is 0 Å². The standard InChI is InChI=1S/C2H8N2.HI/c1-4(2)3;/h3H2,1-2H3;1H. The Morgan fingerprint density at radius 3 is 1.40 bits per heavy atom. The number of nitrogens with zero attached hydrogens (tertiary/aromatic N) is 1. The van der Waals surface area contributed by atoms with Gasteiger partial charge in [-0.15, -0.1) is 24.0 Å².